The molecule has 5 nitrogen and oxygen atoms in total. The fourth-order valence-electron chi connectivity index (χ4n) is 1.71. The quantitative estimate of drug-likeness (QED) is 0.651. The van der Waals surface area contributed by atoms with Crippen LogP contribution in [0.25, 0.3) is 0 Å². The SMILES string of the molecule is Cc1ccc(NCC(O)c2ccsc2)cc1[N+](=O)[O-]. The lowest BCUT2D eigenvalue weighted by Gasteiger charge is -2.11. The molecule has 0 fully saturated rings. The Morgan fingerprint density at radius 1 is 1.47 bits per heavy atom. The normalized spacial score (nSPS) is 12.1. The molecule has 0 saturated carbocycles. The van der Waals surface area contributed by atoms with Gasteiger partial charge in [0.15, 0.2) is 0 Å². The number of aliphatic hydroxyl groups is 1. The molecular weight excluding hydrogens is 264 g/mol. The van der Waals surface area contributed by atoms with Crippen molar-refractivity contribution in [2.45, 2.75) is 13.0 Å². The molecule has 2 rings (SSSR count). The summed E-state index contributed by atoms with van der Waals surface area (Å²) < 4.78 is 0. The van der Waals surface area contributed by atoms with Gasteiger partial charge >= 0.3 is 0 Å². The molecule has 6 heteroatoms. The molecule has 1 aromatic heterocycles. The van der Waals surface area contributed by atoms with Crippen molar-refractivity contribution in [3.8, 4) is 0 Å². The van der Waals surface area contributed by atoms with Crippen molar-refractivity contribution in [3.05, 3.63) is 56.3 Å². The second-order valence-corrected chi connectivity index (χ2v) is 4.99. The first-order valence-corrected chi connectivity index (χ1v) is 6.71. The van der Waals surface area contributed by atoms with E-state index in [1.54, 1.807) is 19.1 Å². The smallest absolute Gasteiger partial charge is 0.274 e. The molecule has 2 aromatic rings. The van der Waals surface area contributed by atoms with Crippen molar-refractivity contribution in [2.75, 3.05) is 11.9 Å². The number of nitro benzene ring substituents is 1. The van der Waals surface area contributed by atoms with Crippen LogP contribution in [0.5, 0.6) is 0 Å². The maximum absolute atomic E-state index is 10.8. The summed E-state index contributed by atoms with van der Waals surface area (Å²) in [6.07, 6.45) is -0.619. The number of hydrogen-bond donors (Lipinski definition) is 2. The first-order chi connectivity index (χ1) is 9.08. The molecule has 1 heterocycles. The Morgan fingerprint density at radius 2 is 2.26 bits per heavy atom. The van der Waals surface area contributed by atoms with Gasteiger partial charge in [-0.25, -0.2) is 0 Å². The lowest BCUT2D eigenvalue weighted by Crippen LogP contribution is -2.11. The highest BCUT2D eigenvalue weighted by Crippen LogP contribution is 2.23. The molecule has 2 N–H and O–H groups in total. The van der Waals surface area contributed by atoms with Gasteiger partial charge in [-0.2, -0.15) is 11.3 Å². The maximum Gasteiger partial charge on any atom is 0.274 e. The molecule has 0 aliphatic rings. The molecule has 0 saturated heterocycles. The second-order valence-electron chi connectivity index (χ2n) is 4.21. The lowest BCUT2D eigenvalue weighted by molar-refractivity contribution is -0.385. The zero-order valence-electron chi connectivity index (χ0n) is 10.4. The summed E-state index contributed by atoms with van der Waals surface area (Å²) in [5, 5.41) is 27.5. The van der Waals surface area contributed by atoms with Gasteiger partial charge in [0.05, 0.1) is 11.0 Å². The summed E-state index contributed by atoms with van der Waals surface area (Å²) in [7, 11) is 0. The van der Waals surface area contributed by atoms with Gasteiger partial charge < -0.3 is 10.4 Å². The van der Waals surface area contributed by atoms with Crippen LogP contribution in [0.2, 0.25) is 0 Å². The number of hydrogen-bond acceptors (Lipinski definition) is 5. The molecule has 0 aliphatic carbocycles. The Hall–Kier alpha value is -1.92. The van der Waals surface area contributed by atoms with E-state index in [9.17, 15) is 15.2 Å². The molecule has 19 heavy (non-hydrogen) atoms. The Kier molecular flexibility index (Phi) is 4.13. The molecule has 0 amide bonds. The number of aryl methyl sites for hydroxylation is 1. The average Bonchev–Trinajstić information content (AvgIpc) is 2.91. The van der Waals surface area contributed by atoms with Gasteiger partial charge in [-0.3, -0.25) is 10.1 Å². The number of thiophene rings is 1. The minimum Gasteiger partial charge on any atom is -0.387 e. The van der Waals surface area contributed by atoms with Crippen molar-refractivity contribution >= 4 is 22.7 Å². The third-order valence-electron chi connectivity index (χ3n) is 2.83. The van der Waals surface area contributed by atoms with E-state index in [1.165, 1.54) is 17.4 Å². The molecule has 0 radical (unpaired) electrons. The van der Waals surface area contributed by atoms with Gasteiger partial charge in [-0.1, -0.05) is 6.07 Å². The number of nitro groups is 1. The number of rotatable bonds is 5. The zero-order chi connectivity index (χ0) is 13.8. The highest BCUT2D eigenvalue weighted by Gasteiger charge is 2.12. The Balaban J connectivity index is 2.04. The molecule has 0 aliphatic heterocycles. The lowest BCUT2D eigenvalue weighted by atomic mass is 10.1. The zero-order valence-corrected chi connectivity index (χ0v) is 11.2. The predicted molar refractivity (Wildman–Crippen MR) is 75.6 cm³/mol. The largest absolute Gasteiger partial charge is 0.387 e. The third kappa shape index (κ3) is 3.30. The Morgan fingerprint density at radius 3 is 2.89 bits per heavy atom. The fourth-order valence-corrected chi connectivity index (χ4v) is 2.42. The first-order valence-electron chi connectivity index (χ1n) is 5.77. The highest BCUT2D eigenvalue weighted by molar-refractivity contribution is 7.07. The van der Waals surface area contributed by atoms with Crippen molar-refractivity contribution in [2.24, 2.45) is 0 Å². The van der Waals surface area contributed by atoms with Crippen LogP contribution >= 0.6 is 11.3 Å². The van der Waals surface area contributed by atoms with Crippen LogP contribution in [-0.2, 0) is 0 Å². The van der Waals surface area contributed by atoms with Gasteiger partial charge in [0, 0.05) is 23.9 Å². The minimum atomic E-state index is -0.619. The number of anilines is 1. The summed E-state index contributed by atoms with van der Waals surface area (Å²) in [6, 6.07) is 6.80. The van der Waals surface area contributed by atoms with Crippen LogP contribution in [0, 0.1) is 17.0 Å². The van der Waals surface area contributed by atoms with E-state index in [-0.39, 0.29) is 5.69 Å². The van der Waals surface area contributed by atoms with E-state index >= 15 is 0 Å². The van der Waals surface area contributed by atoms with Crippen LogP contribution in [0.1, 0.15) is 17.2 Å². The molecule has 0 spiro atoms. The Bertz CT molecular complexity index is 569. The van der Waals surface area contributed by atoms with Gasteiger partial charge in [0.1, 0.15) is 0 Å². The summed E-state index contributed by atoms with van der Waals surface area (Å²) in [5.74, 6) is 0. The number of nitrogens with zero attached hydrogens (tertiary/aromatic N) is 1. The van der Waals surface area contributed by atoms with Crippen molar-refractivity contribution in [3.63, 3.8) is 0 Å². The maximum atomic E-state index is 10.8. The van der Waals surface area contributed by atoms with Crippen molar-refractivity contribution in [1.82, 2.24) is 0 Å². The Labute approximate surface area is 114 Å². The summed E-state index contributed by atoms with van der Waals surface area (Å²) >= 11 is 1.52. The van der Waals surface area contributed by atoms with Gasteiger partial charge in [0.25, 0.3) is 5.69 Å². The van der Waals surface area contributed by atoms with Gasteiger partial charge in [-0.15, -0.1) is 0 Å². The van der Waals surface area contributed by atoms with E-state index < -0.39 is 11.0 Å². The summed E-state index contributed by atoms with van der Waals surface area (Å²) in [4.78, 5) is 10.4. The van der Waals surface area contributed by atoms with E-state index in [4.69, 9.17) is 0 Å². The topological polar surface area (TPSA) is 75.4 Å². The molecular formula is C13H14N2O3S. The molecule has 0 bridgehead atoms. The molecule has 1 unspecified atom stereocenters. The monoisotopic (exact) mass is 278 g/mol. The van der Waals surface area contributed by atoms with E-state index in [0.717, 1.165) is 5.56 Å². The summed E-state index contributed by atoms with van der Waals surface area (Å²) in [5.41, 5.74) is 2.18. The van der Waals surface area contributed by atoms with Crippen LogP contribution < -0.4 is 5.32 Å². The minimum absolute atomic E-state index is 0.0787. The third-order valence-corrected chi connectivity index (χ3v) is 3.53. The number of nitrogens with one attached hydrogen (secondary N) is 1. The van der Waals surface area contributed by atoms with Crippen LogP contribution in [0.15, 0.2) is 35.0 Å². The van der Waals surface area contributed by atoms with Crippen LogP contribution in [-0.4, -0.2) is 16.6 Å². The van der Waals surface area contributed by atoms with E-state index in [0.29, 0.717) is 17.8 Å². The van der Waals surface area contributed by atoms with Gasteiger partial charge in [0.2, 0.25) is 0 Å². The summed E-state index contributed by atoms with van der Waals surface area (Å²) in [6.45, 7) is 2.01. The van der Waals surface area contributed by atoms with Crippen LogP contribution in [0.3, 0.4) is 0 Å². The second kappa shape index (κ2) is 5.81. The standard InChI is InChI=1S/C13H14N2O3S/c1-9-2-3-11(6-12(9)15(17)18)14-7-13(16)10-4-5-19-8-10/h2-6,8,13-14,16H,7H2,1H3. The van der Waals surface area contributed by atoms with Crippen LogP contribution in [0.4, 0.5) is 11.4 Å². The van der Waals surface area contributed by atoms with E-state index in [2.05, 4.69) is 5.32 Å². The van der Waals surface area contributed by atoms with Gasteiger partial charge in [-0.05, 0) is 35.4 Å². The predicted octanol–water partition coefficient (Wildman–Crippen LogP) is 3.11. The molecule has 1 aromatic carbocycles. The molecule has 1 atom stereocenters. The van der Waals surface area contributed by atoms with Crippen molar-refractivity contribution in [1.29, 1.82) is 0 Å². The number of benzene rings is 1. The number of aliphatic hydroxyl groups excluding tert-OH is 1. The molecule has 100 valence electrons. The van der Waals surface area contributed by atoms with Crippen molar-refractivity contribution < 1.29 is 10.0 Å². The van der Waals surface area contributed by atoms with E-state index in [1.807, 2.05) is 16.8 Å². The first kappa shape index (κ1) is 13.5. The highest BCUT2D eigenvalue weighted by atomic mass is 32.1. The fraction of sp³-hybridized carbons (Fsp3) is 0.231. The average molecular weight is 278 g/mol.